The van der Waals surface area contributed by atoms with Gasteiger partial charge in [-0.25, -0.2) is 0 Å². The van der Waals surface area contributed by atoms with Gasteiger partial charge in [0.2, 0.25) is 0 Å². The lowest BCUT2D eigenvalue weighted by molar-refractivity contribution is -0.141. The van der Waals surface area contributed by atoms with E-state index in [-0.39, 0.29) is 31.1 Å². The van der Waals surface area contributed by atoms with Crippen molar-refractivity contribution >= 4 is 29.3 Å². The number of hydrogen-bond acceptors (Lipinski definition) is 4. The van der Waals surface area contributed by atoms with Crippen LogP contribution in [0.4, 0.5) is 0 Å². The van der Waals surface area contributed by atoms with Gasteiger partial charge in [-0.15, -0.1) is 0 Å². The number of ether oxygens (including phenoxy) is 1. The van der Waals surface area contributed by atoms with E-state index in [9.17, 15) is 14.4 Å². The van der Waals surface area contributed by atoms with Gasteiger partial charge < -0.3 is 10.1 Å². The summed E-state index contributed by atoms with van der Waals surface area (Å²) in [5, 5.41) is 2.92. The number of carbonyl (C=O) groups excluding carboxylic acids is 3. The van der Waals surface area contributed by atoms with Gasteiger partial charge in [0.05, 0.1) is 20.1 Å². The van der Waals surface area contributed by atoms with Crippen molar-refractivity contribution < 1.29 is 19.1 Å². The van der Waals surface area contributed by atoms with E-state index in [2.05, 4.69) is 10.1 Å². The van der Waals surface area contributed by atoms with Gasteiger partial charge in [0.1, 0.15) is 0 Å². The summed E-state index contributed by atoms with van der Waals surface area (Å²) in [5.74, 6) is -1.07. The summed E-state index contributed by atoms with van der Waals surface area (Å²) in [6, 6.07) is 6.41. The molecule has 102 valence electrons. The van der Waals surface area contributed by atoms with Crippen LogP contribution in [0.2, 0.25) is 5.02 Å². The van der Waals surface area contributed by atoms with Crippen molar-refractivity contribution in [2.24, 2.45) is 0 Å². The van der Waals surface area contributed by atoms with Crippen molar-refractivity contribution in [2.75, 3.05) is 13.7 Å². The van der Waals surface area contributed by atoms with Crippen LogP contribution in [0.25, 0.3) is 0 Å². The number of carbonyl (C=O) groups is 3. The van der Waals surface area contributed by atoms with Gasteiger partial charge in [0, 0.05) is 17.0 Å². The van der Waals surface area contributed by atoms with Gasteiger partial charge in [0.25, 0.3) is 5.91 Å². The SMILES string of the molecule is COC(=O)CCC(=O)CNC(=O)c1cccc(Cl)c1. The topological polar surface area (TPSA) is 72.5 Å². The van der Waals surface area contributed by atoms with E-state index in [0.29, 0.717) is 10.6 Å². The van der Waals surface area contributed by atoms with Gasteiger partial charge in [-0.2, -0.15) is 0 Å². The van der Waals surface area contributed by atoms with E-state index in [1.807, 2.05) is 0 Å². The summed E-state index contributed by atoms with van der Waals surface area (Å²) < 4.78 is 4.42. The lowest BCUT2D eigenvalue weighted by atomic mass is 10.2. The van der Waals surface area contributed by atoms with Gasteiger partial charge in [-0.3, -0.25) is 14.4 Å². The zero-order valence-corrected chi connectivity index (χ0v) is 11.2. The number of amides is 1. The number of esters is 1. The smallest absolute Gasteiger partial charge is 0.305 e. The first-order valence-corrected chi connectivity index (χ1v) is 6.03. The molecule has 1 N–H and O–H groups in total. The quantitative estimate of drug-likeness (QED) is 0.805. The Labute approximate surface area is 115 Å². The predicted octanol–water partition coefficient (Wildman–Crippen LogP) is 1.59. The first-order valence-electron chi connectivity index (χ1n) is 5.65. The average molecular weight is 284 g/mol. The van der Waals surface area contributed by atoms with Crippen molar-refractivity contribution in [3.8, 4) is 0 Å². The van der Waals surface area contributed by atoms with Crippen LogP contribution in [0.15, 0.2) is 24.3 Å². The third-order valence-corrected chi connectivity index (χ3v) is 2.60. The Balaban J connectivity index is 2.38. The molecule has 0 heterocycles. The molecule has 1 aromatic carbocycles. The molecule has 19 heavy (non-hydrogen) atoms. The molecular formula is C13H14ClNO4. The molecule has 0 fully saturated rings. The van der Waals surface area contributed by atoms with Crippen LogP contribution in [0.1, 0.15) is 23.2 Å². The predicted molar refractivity (Wildman–Crippen MR) is 70.0 cm³/mol. The van der Waals surface area contributed by atoms with Gasteiger partial charge in [-0.1, -0.05) is 17.7 Å². The molecule has 6 heteroatoms. The molecule has 0 spiro atoms. The molecule has 1 amide bonds. The first kappa shape index (κ1) is 15.2. The first-order chi connectivity index (χ1) is 9.02. The molecular weight excluding hydrogens is 270 g/mol. The number of hydrogen-bond donors (Lipinski definition) is 1. The zero-order valence-electron chi connectivity index (χ0n) is 10.4. The van der Waals surface area contributed by atoms with Crippen LogP contribution in [0.5, 0.6) is 0 Å². The minimum absolute atomic E-state index is 0.0162. The fourth-order valence-corrected chi connectivity index (χ4v) is 1.53. The molecule has 0 unspecified atom stereocenters. The fourth-order valence-electron chi connectivity index (χ4n) is 1.34. The van der Waals surface area contributed by atoms with Gasteiger partial charge in [-0.05, 0) is 18.2 Å². The maximum Gasteiger partial charge on any atom is 0.305 e. The highest BCUT2D eigenvalue weighted by Gasteiger charge is 2.10. The summed E-state index contributed by atoms with van der Waals surface area (Å²) >= 11 is 5.75. The summed E-state index contributed by atoms with van der Waals surface area (Å²) in [6.07, 6.45) is 0.0604. The van der Waals surface area contributed by atoms with Gasteiger partial charge in [0.15, 0.2) is 5.78 Å². The number of Topliss-reactive ketones (excluding diaryl/α,β-unsaturated/α-hetero) is 1. The summed E-state index contributed by atoms with van der Waals surface area (Å²) in [4.78, 5) is 33.9. The van der Waals surface area contributed by atoms with Crippen molar-refractivity contribution in [3.63, 3.8) is 0 Å². The second kappa shape index (κ2) is 7.53. The number of halogens is 1. The Morgan fingerprint density at radius 3 is 2.63 bits per heavy atom. The van der Waals surface area contributed by atoms with E-state index in [1.165, 1.54) is 13.2 Å². The van der Waals surface area contributed by atoms with Crippen molar-refractivity contribution in [3.05, 3.63) is 34.9 Å². The minimum atomic E-state index is -0.450. The number of nitrogens with one attached hydrogen (secondary N) is 1. The van der Waals surface area contributed by atoms with Crippen molar-refractivity contribution in [1.82, 2.24) is 5.32 Å². The summed E-state index contributed by atoms with van der Waals surface area (Å²) in [7, 11) is 1.26. The molecule has 0 atom stereocenters. The molecule has 0 aliphatic heterocycles. The van der Waals surface area contributed by atoms with Crippen LogP contribution in [-0.4, -0.2) is 31.3 Å². The highest BCUT2D eigenvalue weighted by atomic mass is 35.5. The zero-order chi connectivity index (χ0) is 14.3. The maximum absolute atomic E-state index is 11.7. The number of ketones is 1. The summed E-state index contributed by atoms with van der Waals surface area (Å²) in [5.41, 5.74) is 0.383. The van der Waals surface area contributed by atoms with Crippen LogP contribution in [0, 0.1) is 0 Å². The standard InChI is InChI=1S/C13H14ClNO4/c1-19-12(17)6-5-11(16)8-15-13(18)9-3-2-4-10(14)7-9/h2-4,7H,5-6,8H2,1H3,(H,15,18). The Hall–Kier alpha value is -1.88. The van der Waals surface area contributed by atoms with E-state index in [0.717, 1.165) is 0 Å². The lowest BCUT2D eigenvalue weighted by Crippen LogP contribution is -2.29. The summed E-state index contributed by atoms with van der Waals surface area (Å²) in [6.45, 7) is -0.123. The molecule has 0 bridgehead atoms. The third kappa shape index (κ3) is 5.52. The second-order valence-corrected chi connectivity index (χ2v) is 4.24. The third-order valence-electron chi connectivity index (χ3n) is 2.37. The van der Waals surface area contributed by atoms with E-state index >= 15 is 0 Å². The highest BCUT2D eigenvalue weighted by molar-refractivity contribution is 6.30. The Morgan fingerprint density at radius 2 is 2.00 bits per heavy atom. The Morgan fingerprint density at radius 1 is 1.26 bits per heavy atom. The number of methoxy groups -OCH3 is 1. The van der Waals surface area contributed by atoms with Crippen LogP contribution >= 0.6 is 11.6 Å². The molecule has 0 saturated carbocycles. The van der Waals surface area contributed by atoms with E-state index in [1.54, 1.807) is 18.2 Å². The van der Waals surface area contributed by atoms with Crippen molar-refractivity contribution in [2.45, 2.75) is 12.8 Å². The molecule has 0 radical (unpaired) electrons. The van der Waals surface area contributed by atoms with Crippen molar-refractivity contribution in [1.29, 1.82) is 0 Å². The van der Waals surface area contributed by atoms with E-state index < -0.39 is 5.97 Å². The lowest BCUT2D eigenvalue weighted by Gasteiger charge is -2.04. The van der Waals surface area contributed by atoms with Crippen LogP contribution < -0.4 is 5.32 Å². The second-order valence-electron chi connectivity index (χ2n) is 3.81. The maximum atomic E-state index is 11.7. The molecule has 1 rings (SSSR count). The molecule has 0 saturated heterocycles. The van der Waals surface area contributed by atoms with Crippen LogP contribution in [-0.2, 0) is 14.3 Å². The molecule has 0 aromatic heterocycles. The largest absolute Gasteiger partial charge is 0.469 e. The monoisotopic (exact) mass is 283 g/mol. The molecule has 0 aliphatic rings. The molecule has 5 nitrogen and oxygen atoms in total. The highest BCUT2D eigenvalue weighted by Crippen LogP contribution is 2.10. The normalized spacial score (nSPS) is 9.79. The number of benzene rings is 1. The Bertz CT molecular complexity index is 487. The van der Waals surface area contributed by atoms with E-state index in [4.69, 9.17) is 11.6 Å². The average Bonchev–Trinajstić information content (AvgIpc) is 2.41. The number of rotatable bonds is 6. The Kier molecular flexibility index (Phi) is 6.02. The fraction of sp³-hybridized carbons (Fsp3) is 0.308. The van der Waals surface area contributed by atoms with Crippen LogP contribution in [0.3, 0.4) is 0 Å². The molecule has 1 aromatic rings. The van der Waals surface area contributed by atoms with Gasteiger partial charge >= 0.3 is 5.97 Å². The minimum Gasteiger partial charge on any atom is -0.469 e. The molecule has 0 aliphatic carbocycles.